The molecule has 1 spiro atoms. The van der Waals surface area contributed by atoms with Crippen molar-refractivity contribution in [1.82, 2.24) is 9.21 Å². The van der Waals surface area contributed by atoms with Crippen LogP contribution in [0.5, 0.6) is 17.2 Å². The molecule has 42 heavy (non-hydrogen) atoms. The number of aromatic hydroxyl groups is 1. The van der Waals surface area contributed by atoms with Crippen LogP contribution in [0.2, 0.25) is 0 Å². The lowest BCUT2D eigenvalue weighted by atomic mass is 9.51. The maximum absolute atomic E-state index is 14.2. The van der Waals surface area contributed by atoms with Gasteiger partial charge in [0.25, 0.3) is 0 Å². The van der Waals surface area contributed by atoms with Crippen molar-refractivity contribution >= 4 is 16.0 Å². The van der Waals surface area contributed by atoms with Crippen molar-refractivity contribution in [2.24, 2.45) is 17.8 Å². The number of carbonyl (C=O) groups is 1. The maximum Gasteiger partial charge on any atom is 0.308 e. The van der Waals surface area contributed by atoms with Gasteiger partial charge in [0.1, 0.15) is 11.9 Å². The molecule has 7 rings (SSSR count). The predicted octanol–water partition coefficient (Wildman–Crippen LogP) is 4.62. The largest absolute Gasteiger partial charge is 0.504 e. The number of benzene rings is 2. The molecule has 0 aromatic heterocycles. The van der Waals surface area contributed by atoms with E-state index in [1.54, 1.807) is 4.31 Å². The van der Waals surface area contributed by atoms with Crippen LogP contribution in [0, 0.1) is 17.8 Å². The van der Waals surface area contributed by atoms with Gasteiger partial charge in [-0.2, -0.15) is 4.31 Å². The Morgan fingerprint density at radius 2 is 1.95 bits per heavy atom. The second kappa shape index (κ2) is 10.2. The normalized spacial score (nSPS) is 29.8. The third-order valence-corrected chi connectivity index (χ3v) is 12.2. The van der Waals surface area contributed by atoms with E-state index >= 15 is 0 Å². The van der Waals surface area contributed by atoms with Gasteiger partial charge < -0.3 is 14.6 Å². The van der Waals surface area contributed by atoms with Crippen molar-refractivity contribution in [3.63, 3.8) is 0 Å². The second-order valence-electron chi connectivity index (χ2n) is 13.7. The fourth-order valence-corrected chi connectivity index (χ4v) is 10.7. The summed E-state index contributed by atoms with van der Waals surface area (Å²) in [5.74, 6) is 1.53. The average Bonchev–Trinajstić information content (AvgIpc) is 3.68. The standard InChI is InChI=1S/C33H42N2O6S/c1-20(2)17-35(42(38,39)19-23-7-5-4-6-8-23)26-12-11-25-27-15-24-29(40-21(3)36)16-28(37)31-30(24)33(25,32(26)41-31)13-14-34(27)18-22-9-10-22/h4-8,16,20,22,25-27,32,37H,9-15,17-19H2,1-3H3/t25-,26-,27+,32-,33-/m0/s1. The molecule has 5 aliphatic rings. The zero-order chi connectivity index (χ0) is 29.4. The van der Waals surface area contributed by atoms with E-state index in [4.69, 9.17) is 9.47 Å². The number of hydrogen-bond donors (Lipinski definition) is 1. The summed E-state index contributed by atoms with van der Waals surface area (Å²) in [5, 5.41) is 11.2. The van der Waals surface area contributed by atoms with Gasteiger partial charge in [0.2, 0.25) is 10.0 Å². The average molecular weight is 595 g/mol. The molecule has 0 radical (unpaired) electrons. The summed E-state index contributed by atoms with van der Waals surface area (Å²) in [7, 11) is -3.68. The Kier molecular flexibility index (Phi) is 6.87. The molecule has 2 aromatic rings. The summed E-state index contributed by atoms with van der Waals surface area (Å²) in [5.41, 5.74) is 2.24. The molecule has 3 fully saturated rings. The van der Waals surface area contributed by atoms with Crippen LogP contribution in [-0.4, -0.2) is 66.5 Å². The number of carbonyl (C=O) groups excluding carboxylic acids is 1. The predicted molar refractivity (Wildman–Crippen MR) is 159 cm³/mol. The number of nitrogens with zero attached hydrogens (tertiary/aromatic N) is 2. The zero-order valence-electron chi connectivity index (χ0n) is 24.8. The third kappa shape index (κ3) is 4.54. The van der Waals surface area contributed by atoms with E-state index in [0.29, 0.717) is 24.5 Å². The topological polar surface area (TPSA) is 96.4 Å². The van der Waals surface area contributed by atoms with E-state index in [9.17, 15) is 18.3 Å². The molecule has 2 bridgehead atoms. The fourth-order valence-electron chi connectivity index (χ4n) is 8.73. The van der Waals surface area contributed by atoms with Crippen LogP contribution in [0.25, 0.3) is 0 Å². The van der Waals surface area contributed by atoms with Crippen molar-refractivity contribution in [3.8, 4) is 17.2 Å². The maximum atomic E-state index is 14.2. The van der Waals surface area contributed by atoms with Crippen molar-refractivity contribution in [1.29, 1.82) is 0 Å². The van der Waals surface area contributed by atoms with Crippen LogP contribution in [0.15, 0.2) is 36.4 Å². The lowest BCUT2D eigenvalue weighted by Crippen LogP contribution is -2.69. The Balaban J connectivity index is 1.34. The van der Waals surface area contributed by atoms with Crippen molar-refractivity contribution in [2.45, 2.75) is 88.7 Å². The lowest BCUT2D eigenvalue weighted by Gasteiger charge is -2.60. The van der Waals surface area contributed by atoms with E-state index < -0.39 is 27.5 Å². The first-order valence-corrected chi connectivity index (χ1v) is 17.2. The van der Waals surface area contributed by atoms with Gasteiger partial charge in [-0.3, -0.25) is 9.69 Å². The summed E-state index contributed by atoms with van der Waals surface area (Å²) in [4.78, 5) is 14.8. The van der Waals surface area contributed by atoms with Gasteiger partial charge in [-0.25, -0.2) is 8.42 Å². The van der Waals surface area contributed by atoms with Crippen molar-refractivity contribution in [3.05, 3.63) is 53.1 Å². The van der Waals surface area contributed by atoms with E-state index in [0.717, 1.165) is 55.0 Å². The highest BCUT2D eigenvalue weighted by Gasteiger charge is 2.67. The van der Waals surface area contributed by atoms with Crippen LogP contribution >= 0.6 is 0 Å². The minimum Gasteiger partial charge on any atom is -0.504 e. The number of likely N-dealkylation sites (tertiary alicyclic amines) is 1. The van der Waals surface area contributed by atoms with Crippen LogP contribution in [0.1, 0.15) is 69.6 Å². The Hall–Kier alpha value is -2.62. The molecule has 2 aromatic carbocycles. The molecular weight excluding hydrogens is 552 g/mol. The number of ether oxygens (including phenoxy) is 2. The molecule has 2 aliphatic heterocycles. The summed E-state index contributed by atoms with van der Waals surface area (Å²) in [6, 6.07) is 10.8. The monoisotopic (exact) mass is 594 g/mol. The van der Waals surface area contributed by atoms with Crippen LogP contribution in [0.4, 0.5) is 0 Å². The first-order chi connectivity index (χ1) is 20.1. The molecule has 2 saturated carbocycles. The molecule has 1 saturated heterocycles. The van der Waals surface area contributed by atoms with Crippen LogP contribution < -0.4 is 9.47 Å². The molecule has 0 unspecified atom stereocenters. The van der Waals surface area contributed by atoms with Gasteiger partial charge in [0, 0.05) is 48.7 Å². The van der Waals surface area contributed by atoms with E-state index in [1.807, 2.05) is 30.3 Å². The molecule has 5 atom stereocenters. The SMILES string of the molecule is CC(=O)Oc1cc(O)c2c3c1C[C@@H]1[C@@H]4CC[C@H](N(CC(C)C)S(=O)(=O)Cc5ccccc5)[C@H](O2)[C@]34CCN1CC1CC1. The summed E-state index contributed by atoms with van der Waals surface area (Å²) in [6.45, 7) is 7.91. The first kappa shape index (κ1) is 28.2. The number of piperidine rings is 1. The van der Waals surface area contributed by atoms with Gasteiger partial charge in [-0.1, -0.05) is 44.2 Å². The molecule has 0 amide bonds. The number of sulfonamides is 1. The van der Waals surface area contributed by atoms with Gasteiger partial charge in [0.05, 0.1) is 11.8 Å². The number of hydrogen-bond acceptors (Lipinski definition) is 7. The lowest BCUT2D eigenvalue weighted by molar-refractivity contribution is -0.132. The Morgan fingerprint density at radius 1 is 1.19 bits per heavy atom. The minimum absolute atomic E-state index is 0.0345. The molecule has 1 N–H and O–H groups in total. The van der Waals surface area contributed by atoms with Gasteiger partial charge in [-0.15, -0.1) is 0 Å². The van der Waals surface area contributed by atoms with E-state index in [-0.39, 0.29) is 35.4 Å². The first-order valence-electron chi connectivity index (χ1n) is 15.6. The Morgan fingerprint density at radius 3 is 2.64 bits per heavy atom. The van der Waals surface area contributed by atoms with Crippen molar-refractivity contribution < 1.29 is 27.8 Å². The third-order valence-electron chi connectivity index (χ3n) is 10.4. The smallest absolute Gasteiger partial charge is 0.308 e. The molecule has 3 aliphatic carbocycles. The Labute approximate surface area is 249 Å². The number of rotatable bonds is 9. The quantitative estimate of drug-likeness (QED) is 0.334. The Bertz CT molecular complexity index is 1490. The molecule has 9 heteroatoms. The number of phenols is 1. The highest BCUT2D eigenvalue weighted by Crippen LogP contribution is 2.66. The van der Waals surface area contributed by atoms with Gasteiger partial charge in [-0.05, 0) is 68.4 Å². The van der Waals surface area contributed by atoms with Crippen LogP contribution in [0.3, 0.4) is 0 Å². The van der Waals surface area contributed by atoms with Gasteiger partial charge >= 0.3 is 5.97 Å². The highest BCUT2D eigenvalue weighted by molar-refractivity contribution is 7.88. The molecule has 226 valence electrons. The second-order valence-corrected chi connectivity index (χ2v) is 15.6. The molecule has 8 nitrogen and oxygen atoms in total. The fraction of sp³-hybridized carbons (Fsp3) is 0.606. The highest BCUT2D eigenvalue weighted by atomic mass is 32.2. The summed E-state index contributed by atoms with van der Waals surface area (Å²) in [6.07, 6.45) is 5.33. The van der Waals surface area contributed by atoms with Crippen LogP contribution in [-0.2, 0) is 32.4 Å². The minimum atomic E-state index is -3.68. The summed E-state index contributed by atoms with van der Waals surface area (Å²) < 4.78 is 42.7. The van der Waals surface area contributed by atoms with Crippen molar-refractivity contribution in [2.75, 3.05) is 19.6 Å². The zero-order valence-corrected chi connectivity index (χ0v) is 25.6. The molecule has 2 heterocycles. The number of phenolic OH excluding ortho intramolecular Hbond substituents is 1. The number of esters is 1. The van der Waals surface area contributed by atoms with E-state index in [1.165, 1.54) is 25.8 Å². The van der Waals surface area contributed by atoms with E-state index in [2.05, 4.69) is 18.7 Å². The summed E-state index contributed by atoms with van der Waals surface area (Å²) >= 11 is 0. The molecular formula is C33H42N2O6S. The van der Waals surface area contributed by atoms with Gasteiger partial charge in [0.15, 0.2) is 11.5 Å².